The average Bonchev–Trinajstić information content (AvgIpc) is 2.86. The number of alkyl halides is 3. The lowest BCUT2D eigenvalue weighted by Crippen LogP contribution is -2.49. The van der Waals surface area contributed by atoms with Crippen LogP contribution in [0.25, 0.3) is 0 Å². The molecule has 1 aromatic rings. The van der Waals surface area contributed by atoms with E-state index in [1.165, 1.54) is 24.1 Å². The number of halogens is 3. The first-order valence-corrected chi connectivity index (χ1v) is 9.17. The number of benzene rings is 1. The minimum atomic E-state index is -4.42. The van der Waals surface area contributed by atoms with Gasteiger partial charge in [0.15, 0.2) is 0 Å². The summed E-state index contributed by atoms with van der Waals surface area (Å²) in [7, 11) is 1.48. The summed E-state index contributed by atoms with van der Waals surface area (Å²) < 4.78 is 37.9. The molecule has 4 amide bonds. The molecule has 3 rings (SSSR count). The molecule has 1 aliphatic carbocycles. The third-order valence-corrected chi connectivity index (χ3v) is 5.37. The van der Waals surface area contributed by atoms with Gasteiger partial charge in [-0.2, -0.15) is 13.2 Å². The smallest absolute Gasteiger partial charge is 0.340 e. The number of imide groups is 1. The summed E-state index contributed by atoms with van der Waals surface area (Å²) in [6.45, 7) is -0.310. The van der Waals surface area contributed by atoms with Crippen molar-refractivity contribution in [1.82, 2.24) is 15.1 Å². The zero-order valence-electron chi connectivity index (χ0n) is 15.5. The van der Waals surface area contributed by atoms with E-state index in [0.717, 1.165) is 36.3 Å². The maximum absolute atomic E-state index is 12.7. The fourth-order valence-corrected chi connectivity index (χ4v) is 3.73. The van der Waals surface area contributed by atoms with Gasteiger partial charge < -0.3 is 10.2 Å². The van der Waals surface area contributed by atoms with Crippen molar-refractivity contribution in [2.75, 3.05) is 13.6 Å². The molecule has 0 aromatic heterocycles. The first kappa shape index (κ1) is 20.2. The monoisotopic (exact) mass is 397 g/mol. The van der Waals surface area contributed by atoms with Crippen LogP contribution in [0, 0.1) is 0 Å². The van der Waals surface area contributed by atoms with Gasteiger partial charge in [0.05, 0.1) is 5.56 Å². The topological polar surface area (TPSA) is 69.7 Å². The van der Waals surface area contributed by atoms with Crippen LogP contribution in [-0.2, 0) is 22.3 Å². The number of carbonyl (C=O) groups excluding carboxylic acids is 3. The number of hydrogen-bond acceptors (Lipinski definition) is 3. The molecule has 1 N–H and O–H groups in total. The van der Waals surface area contributed by atoms with Crippen LogP contribution in [-0.4, -0.2) is 46.8 Å². The molecule has 1 saturated carbocycles. The van der Waals surface area contributed by atoms with E-state index in [9.17, 15) is 27.6 Å². The molecule has 28 heavy (non-hydrogen) atoms. The second-order valence-corrected chi connectivity index (χ2v) is 7.41. The summed E-state index contributed by atoms with van der Waals surface area (Å²) in [4.78, 5) is 39.6. The molecule has 1 aromatic carbocycles. The van der Waals surface area contributed by atoms with Crippen molar-refractivity contribution in [3.63, 3.8) is 0 Å². The Morgan fingerprint density at radius 3 is 2.32 bits per heavy atom. The number of hydrogen-bond donors (Lipinski definition) is 1. The first-order valence-electron chi connectivity index (χ1n) is 9.17. The van der Waals surface area contributed by atoms with Crippen LogP contribution in [0.5, 0.6) is 0 Å². The van der Waals surface area contributed by atoms with Gasteiger partial charge in [0.2, 0.25) is 5.91 Å². The fourth-order valence-electron chi connectivity index (χ4n) is 3.73. The normalized spacial score (nSPS) is 19.1. The van der Waals surface area contributed by atoms with Crippen LogP contribution in [0.4, 0.5) is 18.0 Å². The van der Waals surface area contributed by atoms with Gasteiger partial charge in [-0.15, -0.1) is 0 Å². The van der Waals surface area contributed by atoms with E-state index in [4.69, 9.17) is 0 Å². The molecule has 0 radical (unpaired) electrons. The summed E-state index contributed by atoms with van der Waals surface area (Å²) in [5.74, 6) is -0.829. The minimum Gasteiger partial charge on any atom is -0.340 e. The van der Waals surface area contributed by atoms with E-state index in [2.05, 4.69) is 5.32 Å². The average molecular weight is 397 g/mol. The Kier molecular flexibility index (Phi) is 5.36. The molecule has 1 saturated heterocycles. The van der Waals surface area contributed by atoms with Crippen molar-refractivity contribution in [1.29, 1.82) is 0 Å². The van der Waals surface area contributed by atoms with Crippen LogP contribution in [0.15, 0.2) is 24.3 Å². The Morgan fingerprint density at radius 2 is 1.75 bits per heavy atom. The first-order chi connectivity index (χ1) is 13.1. The van der Waals surface area contributed by atoms with Crippen molar-refractivity contribution in [3.05, 3.63) is 35.4 Å². The molecule has 9 heteroatoms. The number of urea groups is 1. The van der Waals surface area contributed by atoms with Gasteiger partial charge >= 0.3 is 12.2 Å². The summed E-state index contributed by atoms with van der Waals surface area (Å²) in [6.07, 6.45) is -0.560. The van der Waals surface area contributed by atoms with Crippen LogP contribution >= 0.6 is 0 Å². The zero-order chi connectivity index (χ0) is 20.5. The lowest BCUT2D eigenvalue weighted by molar-refractivity contribution is -0.139. The highest BCUT2D eigenvalue weighted by atomic mass is 19.4. The number of rotatable bonds is 4. The van der Waals surface area contributed by atoms with Gasteiger partial charge in [0.25, 0.3) is 5.91 Å². The number of amides is 4. The third-order valence-electron chi connectivity index (χ3n) is 5.37. The lowest BCUT2D eigenvalue weighted by atomic mass is 9.82. The maximum Gasteiger partial charge on any atom is 0.416 e. The van der Waals surface area contributed by atoms with Crippen LogP contribution < -0.4 is 5.32 Å². The zero-order valence-corrected chi connectivity index (χ0v) is 15.5. The van der Waals surface area contributed by atoms with Crippen molar-refractivity contribution >= 4 is 17.8 Å². The maximum atomic E-state index is 12.7. The number of nitrogens with zero attached hydrogens (tertiary/aromatic N) is 2. The largest absolute Gasteiger partial charge is 0.416 e. The van der Waals surface area contributed by atoms with E-state index < -0.39 is 29.2 Å². The number of carbonyl (C=O) groups is 3. The van der Waals surface area contributed by atoms with E-state index in [0.29, 0.717) is 18.4 Å². The third kappa shape index (κ3) is 3.98. The highest BCUT2D eigenvalue weighted by Crippen LogP contribution is 2.33. The Bertz CT molecular complexity index is 771. The lowest BCUT2D eigenvalue weighted by Gasteiger charge is -2.30. The minimum absolute atomic E-state index is 0.0752. The summed E-state index contributed by atoms with van der Waals surface area (Å²) >= 11 is 0. The fraction of sp³-hybridized carbons (Fsp3) is 0.526. The molecule has 0 bridgehead atoms. The van der Waals surface area contributed by atoms with Gasteiger partial charge in [-0.3, -0.25) is 14.5 Å². The molecule has 1 heterocycles. The molecule has 6 nitrogen and oxygen atoms in total. The van der Waals surface area contributed by atoms with Crippen molar-refractivity contribution in [3.8, 4) is 0 Å². The predicted octanol–water partition coefficient (Wildman–Crippen LogP) is 2.92. The quantitative estimate of drug-likeness (QED) is 0.795. The highest BCUT2D eigenvalue weighted by Gasteiger charge is 2.51. The Hall–Kier alpha value is -2.58. The summed E-state index contributed by atoms with van der Waals surface area (Å²) in [6, 6.07) is 3.95. The molecular formula is C19H22F3N3O3. The Balaban J connectivity index is 1.61. The summed E-state index contributed by atoms with van der Waals surface area (Å²) in [5.41, 5.74) is -1.13. The van der Waals surface area contributed by atoms with Crippen LogP contribution in [0.2, 0.25) is 0 Å². The molecule has 1 aliphatic heterocycles. The van der Waals surface area contributed by atoms with Gasteiger partial charge in [0, 0.05) is 13.6 Å². The molecule has 0 atom stereocenters. The number of nitrogens with one attached hydrogen (secondary N) is 1. The van der Waals surface area contributed by atoms with Crippen molar-refractivity contribution in [2.45, 2.75) is 50.4 Å². The molecule has 1 spiro atoms. The van der Waals surface area contributed by atoms with Crippen LogP contribution in [0.3, 0.4) is 0 Å². The van der Waals surface area contributed by atoms with Crippen LogP contribution in [0.1, 0.15) is 43.2 Å². The van der Waals surface area contributed by atoms with Crippen molar-refractivity contribution in [2.24, 2.45) is 0 Å². The Labute approximate surface area is 160 Å². The van der Waals surface area contributed by atoms with Crippen molar-refractivity contribution < 1.29 is 27.6 Å². The Morgan fingerprint density at radius 1 is 1.14 bits per heavy atom. The van der Waals surface area contributed by atoms with E-state index in [-0.39, 0.29) is 19.0 Å². The number of likely N-dealkylation sites (N-methyl/N-ethyl adjacent to an activating group) is 1. The molecular weight excluding hydrogens is 375 g/mol. The van der Waals surface area contributed by atoms with E-state index in [1.54, 1.807) is 0 Å². The second kappa shape index (κ2) is 7.44. The molecule has 2 fully saturated rings. The standard InChI is InChI=1S/C19H22F3N3O3/c1-24(11-13-5-7-14(8-6-13)19(20,21)22)15(26)12-25-16(27)18(23-17(25)28)9-3-2-4-10-18/h5-8H,2-4,9-12H2,1H3,(H,23,28). The molecule has 0 unspecified atom stereocenters. The van der Waals surface area contributed by atoms with Gasteiger partial charge in [-0.1, -0.05) is 31.4 Å². The SMILES string of the molecule is CN(Cc1ccc(C(F)(F)F)cc1)C(=O)CN1C(=O)NC2(CCCCC2)C1=O. The summed E-state index contributed by atoms with van der Waals surface area (Å²) in [5, 5.41) is 2.74. The predicted molar refractivity (Wildman–Crippen MR) is 94.0 cm³/mol. The second-order valence-electron chi connectivity index (χ2n) is 7.41. The van der Waals surface area contributed by atoms with Gasteiger partial charge in [0.1, 0.15) is 12.1 Å². The molecule has 2 aliphatic rings. The molecule has 152 valence electrons. The van der Waals surface area contributed by atoms with Gasteiger partial charge in [-0.05, 0) is 30.5 Å². The van der Waals surface area contributed by atoms with Gasteiger partial charge in [-0.25, -0.2) is 4.79 Å². The van der Waals surface area contributed by atoms with E-state index in [1.807, 2.05) is 0 Å². The highest BCUT2D eigenvalue weighted by molar-refractivity contribution is 6.09. The van der Waals surface area contributed by atoms with E-state index >= 15 is 0 Å².